The Hall–Kier alpha value is -3.72. The van der Waals surface area contributed by atoms with Crippen LogP contribution >= 0.6 is 0 Å². The van der Waals surface area contributed by atoms with E-state index in [0.717, 1.165) is 10.5 Å². The number of rotatable bonds is 11. The number of benzene rings is 2. The molecule has 0 fully saturated rings. The van der Waals surface area contributed by atoms with Crippen molar-refractivity contribution in [1.82, 2.24) is 4.90 Å². The highest BCUT2D eigenvalue weighted by Gasteiger charge is 2.44. The van der Waals surface area contributed by atoms with Gasteiger partial charge in [-0.2, -0.15) is 0 Å². The summed E-state index contributed by atoms with van der Waals surface area (Å²) in [5, 5.41) is 0. The predicted molar refractivity (Wildman–Crippen MR) is 127 cm³/mol. The molecule has 1 aliphatic rings. The summed E-state index contributed by atoms with van der Waals surface area (Å²) in [6.45, 7) is 5.99. The van der Waals surface area contributed by atoms with Gasteiger partial charge in [0, 0.05) is 6.42 Å². The highest BCUT2D eigenvalue weighted by molar-refractivity contribution is 6.24. The van der Waals surface area contributed by atoms with Crippen LogP contribution in [0, 0.1) is 0 Å². The largest absolute Gasteiger partial charge is 0.490 e. The summed E-state index contributed by atoms with van der Waals surface area (Å²) in [7, 11) is 0. The molecule has 1 aliphatic heterocycles. The van der Waals surface area contributed by atoms with Crippen LogP contribution < -0.4 is 10.5 Å². The molecular formula is C26H30N2O7. The van der Waals surface area contributed by atoms with Crippen molar-refractivity contribution in [3.8, 4) is 5.75 Å². The minimum Gasteiger partial charge on any atom is -0.490 e. The average molecular weight is 483 g/mol. The lowest BCUT2D eigenvalue weighted by Crippen LogP contribution is -2.48. The first-order valence-corrected chi connectivity index (χ1v) is 11.3. The normalized spacial score (nSPS) is 14.0. The van der Waals surface area contributed by atoms with Crippen LogP contribution in [0.25, 0.3) is 0 Å². The molecule has 2 aromatic rings. The number of esters is 1. The zero-order valence-corrected chi connectivity index (χ0v) is 20.1. The Balaban J connectivity index is 1.65. The fourth-order valence-electron chi connectivity index (χ4n) is 3.70. The fraction of sp³-hybridized carbons (Fsp3) is 0.385. The van der Waals surface area contributed by atoms with E-state index in [1.807, 2.05) is 30.3 Å². The molecule has 0 aromatic heterocycles. The van der Waals surface area contributed by atoms with E-state index in [1.54, 1.807) is 32.9 Å². The molecule has 1 unspecified atom stereocenters. The topological polar surface area (TPSA) is 125 Å². The van der Waals surface area contributed by atoms with E-state index < -0.39 is 35.3 Å². The Kier molecular flexibility index (Phi) is 8.24. The van der Waals surface area contributed by atoms with Gasteiger partial charge in [-0.3, -0.25) is 24.1 Å². The molecule has 186 valence electrons. The summed E-state index contributed by atoms with van der Waals surface area (Å²) < 4.78 is 16.6. The molecule has 0 bridgehead atoms. The number of fused-ring (bicyclic) bond motifs is 1. The van der Waals surface area contributed by atoms with Crippen LogP contribution in [0.15, 0.2) is 48.5 Å². The third kappa shape index (κ3) is 6.66. The number of ether oxygens (including phenoxy) is 3. The summed E-state index contributed by atoms with van der Waals surface area (Å²) in [6.07, 6.45) is -0.320. The number of nitrogens with two attached hydrogens (primary N) is 1. The van der Waals surface area contributed by atoms with Crippen LogP contribution in [0.2, 0.25) is 0 Å². The van der Waals surface area contributed by atoms with Crippen molar-refractivity contribution in [1.29, 1.82) is 0 Å². The van der Waals surface area contributed by atoms with Gasteiger partial charge in [0.15, 0.2) is 0 Å². The molecule has 0 aliphatic carbocycles. The fourth-order valence-corrected chi connectivity index (χ4v) is 3.70. The highest BCUT2D eigenvalue weighted by Crippen LogP contribution is 2.33. The molecule has 9 nitrogen and oxygen atoms in total. The van der Waals surface area contributed by atoms with Crippen molar-refractivity contribution < 1.29 is 33.4 Å². The van der Waals surface area contributed by atoms with Crippen molar-refractivity contribution >= 4 is 23.7 Å². The lowest BCUT2D eigenvalue weighted by molar-refractivity contribution is -0.155. The number of primary amides is 1. The highest BCUT2D eigenvalue weighted by atomic mass is 16.6. The second kappa shape index (κ2) is 11.1. The van der Waals surface area contributed by atoms with Gasteiger partial charge in [-0.05, 0) is 44.9 Å². The van der Waals surface area contributed by atoms with Gasteiger partial charge < -0.3 is 19.9 Å². The third-order valence-electron chi connectivity index (χ3n) is 5.19. The second-order valence-electron chi connectivity index (χ2n) is 9.09. The molecule has 9 heteroatoms. The first-order chi connectivity index (χ1) is 16.6. The summed E-state index contributed by atoms with van der Waals surface area (Å²) in [5.74, 6) is -2.59. The van der Waals surface area contributed by atoms with Crippen molar-refractivity contribution in [3.63, 3.8) is 0 Å². The zero-order valence-electron chi connectivity index (χ0n) is 20.1. The number of nitrogens with zero attached hydrogens (tertiary/aromatic N) is 1. The Labute approximate surface area is 204 Å². The monoisotopic (exact) mass is 482 g/mol. The van der Waals surface area contributed by atoms with Gasteiger partial charge in [0.1, 0.15) is 24.0 Å². The van der Waals surface area contributed by atoms with Crippen molar-refractivity contribution in [2.45, 2.75) is 51.9 Å². The van der Waals surface area contributed by atoms with Crippen LogP contribution in [-0.2, 0) is 25.7 Å². The smallest absolute Gasteiger partial charge is 0.306 e. The number of carbonyl (C=O) groups is 4. The second-order valence-corrected chi connectivity index (χ2v) is 9.09. The Morgan fingerprint density at radius 2 is 1.69 bits per heavy atom. The number of hydrogen-bond donors (Lipinski definition) is 1. The van der Waals surface area contributed by atoms with Crippen LogP contribution in [-0.4, -0.2) is 53.4 Å². The molecule has 0 saturated carbocycles. The van der Waals surface area contributed by atoms with E-state index in [-0.39, 0.29) is 42.9 Å². The van der Waals surface area contributed by atoms with Gasteiger partial charge in [-0.25, -0.2) is 0 Å². The van der Waals surface area contributed by atoms with Gasteiger partial charge in [0.05, 0.1) is 24.3 Å². The van der Waals surface area contributed by atoms with E-state index in [4.69, 9.17) is 19.9 Å². The van der Waals surface area contributed by atoms with Crippen molar-refractivity contribution in [3.05, 3.63) is 65.2 Å². The first kappa shape index (κ1) is 25.9. The maximum absolute atomic E-state index is 13.2. The molecule has 2 aromatic carbocycles. The molecule has 2 N–H and O–H groups in total. The summed E-state index contributed by atoms with van der Waals surface area (Å²) in [4.78, 5) is 51.3. The quantitative estimate of drug-likeness (QED) is 0.297. The van der Waals surface area contributed by atoms with Crippen LogP contribution in [0.5, 0.6) is 5.75 Å². The molecule has 0 radical (unpaired) electrons. The minimum absolute atomic E-state index is 0.0593. The van der Waals surface area contributed by atoms with E-state index in [9.17, 15) is 19.2 Å². The number of hydrogen-bond acceptors (Lipinski definition) is 7. The molecule has 0 saturated heterocycles. The maximum Gasteiger partial charge on any atom is 0.306 e. The molecule has 3 amide bonds. The Morgan fingerprint density at radius 1 is 0.971 bits per heavy atom. The van der Waals surface area contributed by atoms with Crippen molar-refractivity contribution in [2.24, 2.45) is 5.73 Å². The summed E-state index contributed by atoms with van der Waals surface area (Å²) in [6, 6.07) is 13.0. The minimum atomic E-state index is -1.29. The first-order valence-electron chi connectivity index (χ1n) is 11.3. The van der Waals surface area contributed by atoms with Gasteiger partial charge in [-0.15, -0.1) is 0 Å². The maximum atomic E-state index is 13.2. The van der Waals surface area contributed by atoms with E-state index in [2.05, 4.69) is 0 Å². The van der Waals surface area contributed by atoms with Crippen molar-refractivity contribution in [2.75, 3.05) is 13.2 Å². The Morgan fingerprint density at radius 3 is 2.34 bits per heavy atom. The number of carbonyl (C=O) groups excluding carboxylic acids is 4. The standard InChI is InChI=1S/C26H30N2O7/c1-26(2,3)35-21(29)13-12-19(23(27)30)28-24(31)18-10-7-11-20(22(18)25(28)32)34-15-14-33-16-17-8-5-4-6-9-17/h4-11,19H,12-16H2,1-3H3,(H2,27,30). The number of amides is 3. The molecule has 1 heterocycles. The van der Waals surface area contributed by atoms with Gasteiger partial charge in [-0.1, -0.05) is 36.4 Å². The summed E-state index contributed by atoms with van der Waals surface area (Å²) in [5.41, 5.74) is 5.99. The molecule has 35 heavy (non-hydrogen) atoms. The van der Waals surface area contributed by atoms with Crippen LogP contribution in [0.4, 0.5) is 0 Å². The van der Waals surface area contributed by atoms with E-state index in [1.165, 1.54) is 6.07 Å². The lowest BCUT2D eigenvalue weighted by Gasteiger charge is -2.24. The average Bonchev–Trinajstić information content (AvgIpc) is 3.04. The number of imide groups is 1. The third-order valence-corrected chi connectivity index (χ3v) is 5.19. The van der Waals surface area contributed by atoms with E-state index >= 15 is 0 Å². The Bertz CT molecular complexity index is 1090. The predicted octanol–water partition coefficient (Wildman–Crippen LogP) is 2.85. The van der Waals surface area contributed by atoms with Crippen LogP contribution in [0.1, 0.15) is 59.9 Å². The summed E-state index contributed by atoms with van der Waals surface area (Å²) >= 11 is 0. The van der Waals surface area contributed by atoms with Gasteiger partial charge in [0.25, 0.3) is 11.8 Å². The van der Waals surface area contributed by atoms with E-state index in [0.29, 0.717) is 6.61 Å². The molecule has 1 atom stereocenters. The SMILES string of the molecule is CC(C)(C)OC(=O)CCC(C(N)=O)N1C(=O)c2cccc(OCCOCc3ccccc3)c2C1=O. The molecule has 3 rings (SSSR count). The molecule has 0 spiro atoms. The molecular weight excluding hydrogens is 452 g/mol. The van der Waals surface area contributed by atoms with Crippen LogP contribution in [0.3, 0.4) is 0 Å². The van der Waals surface area contributed by atoms with Gasteiger partial charge >= 0.3 is 5.97 Å². The lowest BCUT2D eigenvalue weighted by atomic mass is 10.1. The van der Waals surface area contributed by atoms with Gasteiger partial charge in [0.2, 0.25) is 5.91 Å². The zero-order chi connectivity index (χ0) is 25.6.